The molecule has 1 fully saturated rings. The lowest BCUT2D eigenvalue weighted by atomic mass is 9.92. The minimum absolute atomic E-state index is 0.0979. The number of para-hydroxylation sites is 1. The van der Waals surface area contributed by atoms with E-state index in [1.165, 1.54) is 0 Å². The number of anilines is 1. The van der Waals surface area contributed by atoms with Crippen molar-refractivity contribution < 1.29 is 15.0 Å². The molecule has 116 valence electrons. The van der Waals surface area contributed by atoms with E-state index in [0.29, 0.717) is 30.8 Å². The van der Waals surface area contributed by atoms with Gasteiger partial charge in [-0.2, -0.15) is 0 Å². The van der Waals surface area contributed by atoms with Crippen LogP contribution < -0.4 is 10.6 Å². The summed E-state index contributed by atoms with van der Waals surface area (Å²) < 4.78 is 0. The number of aliphatic hydroxyl groups excluding tert-OH is 1. The molecule has 2 heterocycles. The number of carbonyl (C=O) groups is 1. The van der Waals surface area contributed by atoms with E-state index in [0.717, 1.165) is 10.9 Å². The second-order valence-electron chi connectivity index (χ2n) is 5.74. The van der Waals surface area contributed by atoms with Crippen LogP contribution in [-0.2, 0) is 11.4 Å². The topological polar surface area (TPSA) is 99.7 Å². The number of fused-ring (bicyclic) bond motifs is 1. The molecular formula is C16H19N3O3. The normalized spacial score (nSPS) is 22.0. The van der Waals surface area contributed by atoms with Gasteiger partial charge in [0.25, 0.3) is 5.91 Å². The van der Waals surface area contributed by atoms with Crippen molar-refractivity contribution in [3.05, 3.63) is 35.9 Å². The Balaban J connectivity index is 2.03. The minimum atomic E-state index is -1.54. The molecular weight excluding hydrogens is 282 g/mol. The number of rotatable bonds is 3. The maximum atomic E-state index is 11.5. The van der Waals surface area contributed by atoms with E-state index in [1.807, 2.05) is 35.2 Å². The maximum Gasteiger partial charge on any atom is 0.251 e. The molecule has 2 aromatic rings. The molecule has 6 nitrogen and oxygen atoms in total. The summed E-state index contributed by atoms with van der Waals surface area (Å²) in [7, 11) is 0. The number of β-amino-alcohol motifs (C(OH)–C–C–N with tert-alkyl or cyclic N) is 1. The van der Waals surface area contributed by atoms with E-state index in [4.69, 9.17) is 5.73 Å². The minimum Gasteiger partial charge on any atom is -0.392 e. The van der Waals surface area contributed by atoms with Gasteiger partial charge in [0.1, 0.15) is 5.82 Å². The molecule has 1 atom stereocenters. The highest BCUT2D eigenvalue weighted by atomic mass is 16.3. The van der Waals surface area contributed by atoms with Crippen molar-refractivity contribution >= 4 is 22.6 Å². The van der Waals surface area contributed by atoms with Crippen LogP contribution in [0, 0.1) is 0 Å². The zero-order valence-electron chi connectivity index (χ0n) is 12.2. The van der Waals surface area contributed by atoms with Crippen LogP contribution in [0.5, 0.6) is 0 Å². The molecule has 22 heavy (non-hydrogen) atoms. The molecule has 1 saturated heterocycles. The number of aliphatic hydroxyl groups is 2. The number of primary amides is 1. The number of piperidine rings is 1. The Labute approximate surface area is 128 Å². The van der Waals surface area contributed by atoms with E-state index >= 15 is 0 Å². The first-order valence-electron chi connectivity index (χ1n) is 7.30. The molecule has 1 aliphatic rings. The van der Waals surface area contributed by atoms with Crippen molar-refractivity contribution in [2.45, 2.75) is 25.0 Å². The molecule has 0 spiro atoms. The Morgan fingerprint density at radius 1 is 1.41 bits per heavy atom. The van der Waals surface area contributed by atoms with Crippen LogP contribution in [0.4, 0.5) is 5.82 Å². The van der Waals surface area contributed by atoms with Gasteiger partial charge in [0.05, 0.1) is 18.7 Å². The third-order valence-corrected chi connectivity index (χ3v) is 4.18. The van der Waals surface area contributed by atoms with Gasteiger partial charge in [-0.25, -0.2) is 4.98 Å². The molecule has 1 aliphatic heterocycles. The molecule has 1 aromatic carbocycles. The molecule has 0 bridgehead atoms. The summed E-state index contributed by atoms with van der Waals surface area (Å²) >= 11 is 0. The fourth-order valence-corrected chi connectivity index (χ4v) is 2.96. The Kier molecular flexibility index (Phi) is 3.72. The third-order valence-electron chi connectivity index (χ3n) is 4.18. The van der Waals surface area contributed by atoms with Crippen LogP contribution in [0.25, 0.3) is 10.9 Å². The highest BCUT2D eigenvalue weighted by molar-refractivity contribution is 5.85. The van der Waals surface area contributed by atoms with Crippen molar-refractivity contribution in [1.82, 2.24) is 4.98 Å². The fourth-order valence-electron chi connectivity index (χ4n) is 2.96. The lowest BCUT2D eigenvalue weighted by Gasteiger charge is -2.38. The maximum absolute atomic E-state index is 11.5. The summed E-state index contributed by atoms with van der Waals surface area (Å²) in [5.41, 5.74) is 5.26. The molecule has 1 amide bonds. The molecule has 0 radical (unpaired) electrons. The molecule has 0 saturated carbocycles. The Bertz CT molecular complexity index is 719. The molecule has 3 rings (SSSR count). The van der Waals surface area contributed by atoms with Crippen LogP contribution >= 0.6 is 0 Å². The average molecular weight is 301 g/mol. The lowest BCUT2D eigenvalue weighted by Crippen LogP contribution is -2.56. The molecule has 4 N–H and O–H groups in total. The Morgan fingerprint density at radius 3 is 2.91 bits per heavy atom. The van der Waals surface area contributed by atoms with Gasteiger partial charge >= 0.3 is 0 Å². The largest absolute Gasteiger partial charge is 0.392 e. The number of hydrogen-bond acceptors (Lipinski definition) is 5. The van der Waals surface area contributed by atoms with Gasteiger partial charge in [-0.3, -0.25) is 4.79 Å². The number of amides is 1. The average Bonchev–Trinajstić information content (AvgIpc) is 2.53. The quantitative estimate of drug-likeness (QED) is 0.768. The van der Waals surface area contributed by atoms with Crippen molar-refractivity contribution in [1.29, 1.82) is 0 Å². The van der Waals surface area contributed by atoms with Gasteiger partial charge in [0.2, 0.25) is 0 Å². The Morgan fingerprint density at radius 2 is 2.18 bits per heavy atom. The third kappa shape index (κ3) is 2.51. The predicted octanol–water partition coefficient (Wildman–Crippen LogP) is 0.544. The smallest absolute Gasteiger partial charge is 0.251 e. The molecule has 0 unspecified atom stereocenters. The monoisotopic (exact) mass is 301 g/mol. The summed E-state index contributed by atoms with van der Waals surface area (Å²) in [4.78, 5) is 17.9. The van der Waals surface area contributed by atoms with Crippen molar-refractivity contribution in [2.75, 3.05) is 18.0 Å². The highest BCUT2D eigenvalue weighted by Crippen LogP contribution is 2.29. The molecule has 6 heteroatoms. The van der Waals surface area contributed by atoms with Crippen molar-refractivity contribution in [3.8, 4) is 0 Å². The second kappa shape index (κ2) is 5.55. The van der Waals surface area contributed by atoms with Gasteiger partial charge in [0, 0.05) is 17.5 Å². The Hall–Kier alpha value is -2.18. The number of aromatic nitrogens is 1. The highest BCUT2D eigenvalue weighted by Gasteiger charge is 2.39. The van der Waals surface area contributed by atoms with Gasteiger partial charge in [-0.15, -0.1) is 0 Å². The van der Waals surface area contributed by atoms with Crippen LogP contribution in [0.15, 0.2) is 30.3 Å². The van der Waals surface area contributed by atoms with E-state index in [9.17, 15) is 15.0 Å². The van der Waals surface area contributed by atoms with Gasteiger partial charge < -0.3 is 20.8 Å². The van der Waals surface area contributed by atoms with Gasteiger partial charge in [-0.1, -0.05) is 18.2 Å². The van der Waals surface area contributed by atoms with Gasteiger partial charge in [0.15, 0.2) is 5.60 Å². The van der Waals surface area contributed by atoms with Gasteiger partial charge in [-0.05, 0) is 25.0 Å². The number of hydrogen-bond donors (Lipinski definition) is 3. The van der Waals surface area contributed by atoms with Crippen molar-refractivity contribution in [2.24, 2.45) is 5.73 Å². The molecule has 0 aliphatic carbocycles. The fraction of sp³-hybridized carbons (Fsp3) is 0.375. The van der Waals surface area contributed by atoms with Crippen LogP contribution in [0.2, 0.25) is 0 Å². The molecule has 1 aromatic heterocycles. The predicted molar refractivity (Wildman–Crippen MR) is 83.3 cm³/mol. The van der Waals surface area contributed by atoms with Crippen LogP contribution in [0.3, 0.4) is 0 Å². The number of carbonyl (C=O) groups excluding carboxylic acids is 1. The number of nitrogens with zero attached hydrogens (tertiary/aromatic N) is 2. The SMILES string of the molecule is NC(=O)[C@@]1(O)CCCN(c2nc3ccccc3cc2CO)C1. The standard InChI is InChI=1S/C16H19N3O3/c17-15(21)16(22)6-3-7-19(10-16)14-12(9-20)8-11-4-1-2-5-13(11)18-14/h1-2,4-5,8,20,22H,3,6-7,9-10H2,(H2,17,21)/t16-/m1/s1. The second-order valence-corrected chi connectivity index (χ2v) is 5.74. The number of nitrogens with two attached hydrogens (primary N) is 1. The van der Waals surface area contributed by atoms with E-state index < -0.39 is 11.5 Å². The summed E-state index contributed by atoms with van der Waals surface area (Å²) in [6.07, 6.45) is 0.986. The number of pyridine rings is 1. The first-order valence-corrected chi connectivity index (χ1v) is 7.30. The first-order chi connectivity index (χ1) is 10.5. The summed E-state index contributed by atoms with van der Waals surface area (Å²) in [6, 6.07) is 9.52. The van der Waals surface area contributed by atoms with E-state index in [1.54, 1.807) is 0 Å². The van der Waals surface area contributed by atoms with Crippen LogP contribution in [0.1, 0.15) is 18.4 Å². The van der Waals surface area contributed by atoms with E-state index in [-0.39, 0.29) is 13.2 Å². The number of benzene rings is 1. The zero-order chi connectivity index (χ0) is 15.7. The van der Waals surface area contributed by atoms with E-state index in [2.05, 4.69) is 4.98 Å². The zero-order valence-corrected chi connectivity index (χ0v) is 12.2. The first kappa shape index (κ1) is 14.7. The van der Waals surface area contributed by atoms with Crippen molar-refractivity contribution in [3.63, 3.8) is 0 Å². The summed E-state index contributed by atoms with van der Waals surface area (Å²) in [5, 5.41) is 20.9. The lowest BCUT2D eigenvalue weighted by molar-refractivity contribution is -0.137. The summed E-state index contributed by atoms with van der Waals surface area (Å²) in [6.45, 7) is 0.604. The summed E-state index contributed by atoms with van der Waals surface area (Å²) in [5.74, 6) is -0.121. The van der Waals surface area contributed by atoms with Crippen LogP contribution in [-0.4, -0.2) is 39.8 Å².